The van der Waals surface area contributed by atoms with Crippen molar-refractivity contribution >= 4 is 10.9 Å². The van der Waals surface area contributed by atoms with E-state index in [0.29, 0.717) is 0 Å². The Balaban J connectivity index is 1.78. The van der Waals surface area contributed by atoms with Gasteiger partial charge in [0, 0.05) is 24.7 Å². The third-order valence-electron chi connectivity index (χ3n) is 3.53. The lowest BCUT2D eigenvalue weighted by atomic mass is 10.1. The van der Waals surface area contributed by atoms with Crippen molar-refractivity contribution in [1.82, 2.24) is 10.3 Å². The molecule has 0 atom stereocenters. The molecular weight excluding hydrogens is 260 g/mol. The maximum absolute atomic E-state index is 5.37. The number of methoxy groups -OCH3 is 1. The van der Waals surface area contributed by atoms with Gasteiger partial charge in [-0.2, -0.15) is 0 Å². The first kappa shape index (κ1) is 13.6. The fraction of sp³-hybridized carbons (Fsp3) is 0.167. The summed E-state index contributed by atoms with van der Waals surface area (Å²) in [5, 5.41) is 4.62. The first-order chi connectivity index (χ1) is 10.4. The Morgan fingerprint density at radius 1 is 0.952 bits per heavy atom. The zero-order valence-electron chi connectivity index (χ0n) is 12.0. The molecule has 0 saturated carbocycles. The number of para-hydroxylation sites is 1. The molecule has 1 N–H and O–H groups in total. The largest absolute Gasteiger partial charge is 0.494 e. The molecule has 106 valence electrons. The van der Waals surface area contributed by atoms with Gasteiger partial charge < -0.3 is 10.1 Å². The SMILES string of the molecule is COc1cccc2c(CNCc3ccccc3)ccnc12. The van der Waals surface area contributed by atoms with Gasteiger partial charge in [-0.3, -0.25) is 4.98 Å². The number of hydrogen-bond donors (Lipinski definition) is 1. The highest BCUT2D eigenvalue weighted by atomic mass is 16.5. The van der Waals surface area contributed by atoms with E-state index in [-0.39, 0.29) is 0 Å². The highest BCUT2D eigenvalue weighted by Crippen LogP contribution is 2.25. The van der Waals surface area contributed by atoms with Crippen LogP contribution < -0.4 is 10.1 Å². The number of nitrogens with one attached hydrogen (secondary N) is 1. The highest BCUT2D eigenvalue weighted by molar-refractivity contribution is 5.87. The van der Waals surface area contributed by atoms with Gasteiger partial charge in [0.15, 0.2) is 0 Å². The van der Waals surface area contributed by atoms with Crippen molar-refractivity contribution in [2.75, 3.05) is 7.11 Å². The maximum Gasteiger partial charge on any atom is 0.145 e. The van der Waals surface area contributed by atoms with Crippen LogP contribution in [0.5, 0.6) is 5.75 Å². The second-order valence-electron chi connectivity index (χ2n) is 4.92. The minimum atomic E-state index is 0.807. The van der Waals surface area contributed by atoms with Crippen LogP contribution in [0.25, 0.3) is 10.9 Å². The molecule has 21 heavy (non-hydrogen) atoms. The Morgan fingerprint density at radius 3 is 2.62 bits per heavy atom. The van der Waals surface area contributed by atoms with Crippen molar-refractivity contribution in [2.24, 2.45) is 0 Å². The van der Waals surface area contributed by atoms with Crippen LogP contribution in [0.15, 0.2) is 60.8 Å². The van der Waals surface area contributed by atoms with Crippen molar-refractivity contribution in [3.8, 4) is 5.75 Å². The first-order valence-corrected chi connectivity index (χ1v) is 7.04. The summed E-state index contributed by atoms with van der Waals surface area (Å²) in [5.41, 5.74) is 3.43. The Labute approximate surface area is 124 Å². The number of pyridine rings is 1. The Bertz CT molecular complexity index is 726. The van der Waals surface area contributed by atoms with Gasteiger partial charge in [0.05, 0.1) is 7.11 Å². The van der Waals surface area contributed by atoms with Crippen LogP contribution in [0.4, 0.5) is 0 Å². The van der Waals surface area contributed by atoms with E-state index in [1.54, 1.807) is 7.11 Å². The van der Waals surface area contributed by atoms with Crippen molar-refractivity contribution < 1.29 is 4.74 Å². The first-order valence-electron chi connectivity index (χ1n) is 7.04. The Hall–Kier alpha value is -2.39. The predicted molar refractivity (Wildman–Crippen MR) is 85.3 cm³/mol. The molecule has 0 aliphatic carbocycles. The molecule has 3 heteroatoms. The van der Waals surface area contributed by atoms with Gasteiger partial charge in [-0.15, -0.1) is 0 Å². The molecule has 0 aliphatic rings. The summed E-state index contributed by atoms with van der Waals surface area (Å²) >= 11 is 0. The molecule has 0 spiro atoms. The minimum Gasteiger partial charge on any atom is -0.494 e. The van der Waals surface area contributed by atoms with E-state index in [2.05, 4.69) is 46.7 Å². The standard InChI is InChI=1S/C18H18N2O/c1-21-17-9-5-8-16-15(10-11-20-18(16)17)13-19-12-14-6-3-2-4-7-14/h2-11,19H,12-13H2,1H3. The van der Waals surface area contributed by atoms with E-state index in [9.17, 15) is 0 Å². The lowest BCUT2D eigenvalue weighted by Gasteiger charge is -2.10. The smallest absolute Gasteiger partial charge is 0.145 e. The number of aromatic nitrogens is 1. The third-order valence-corrected chi connectivity index (χ3v) is 3.53. The zero-order chi connectivity index (χ0) is 14.5. The topological polar surface area (TPSA) is 34.1 Å². The number of nitrogens with zero attached hydrogens (tertiary/aromatic N) is 1. The Morgan fingerprint density at radius 2 is 1.81 bits per heavy atom. The zero-order valence-corrected chi connectivity index (χ0v) is 12.0. The van der Waals surface area contributed by atoms with Crippen LogP contribution in [0, 0.1) is 0 Å². The van der Waals surface area contributed by atoms with Gasteiger partial charge in [-0.25, -0.2) is 0 Å². The van der Waals surface area contributed by atoms with E-state index in [1.165, 1.54) is 11.1 Å². The molecule has 0 aliphatic heterocycles. The number of benzene rings is 2. The van der Waals surface area contributed by atoms with E-state index >= 15 is 0 Å². The molecule has 3 nitrogen and oxygen atoms in total. The molecule has 0 radical (unpaired) electrons. The summed E-state index contributed by atoms with van der Waals surface area (Å²) in [6.45, 7) is 1.66. The van der Waals surface area contributed by atoms with Crippen molar-refractivity contribution in [2.45, 2.75) is 13.1 Å². The van der Waals surface area contributed by atoms with Crippen molar-refractivity contribution in [3.63, 3.8) is 0 Å². The van der Waals surface area contributed by atoms with Gasteiger partial charge in [-0.1, -0.05) is 42.5 Å². The van der Waals surface area contributed by atoms with Crippen molar-refractivity contribution in [3.05, 3.63) is 71.9 Å². The third kappa shape index (κ3) is 3.03. The minimum absolute atomic E-state index is 0.807. The molecule has 3 rings (SSSR count). The molecule has 0 fully saturated rings. The lowest BCUT2D eigenvalue weighted by Crippen LogP contribution is -2.13. The number of ether oxygens (including phenoxy) is 1. The monoisotopic (exact) mass is 278 g/mol. The van der Waals surface area contributed by atoms with Gasteiger partial charge in [0.1, 0.15) is 11.3 Å². The molecule has 0 unspecified atom stereocenters. The molecule has 1 aromatic heterocycles. The van der Waals surface area contributed by atoms with Crippen molar-refractivity contribution in [1.29, 1.82) is 0 Å². The Kier molecular flexibility index (Phi) is 4.12. The average molecular weight is 278 g/mol. The summed E-state index contributed by atoms with van der Waals surface area (Å²) in [4.78, 5) is 4.43. The van der Waals surface area contributed by atoms with Crippen LogP contribution >= 0.6 is 0 Å². The maximum atomic E-state index is 5.37. The molecule has 0 amide bonds. The predicted octanol–water partition coefficient (Wildman–Crippen LogP) is 3.53. The second-order valence-corrected chi connectivity index (χ2v) is 4.92. The molecule has 2 aromatic carbocycles. The molecule has 0 saturated heterocycles. The number of rotatable bonds is 5. The molecular formula is C18H18N2O. The van der Waals surface area contributed by atoms with Crippen LogP contribution in [0.2, 0.25) is 0 Å². The van der Waals surface area contributed by atoms with Crippen LogP contribution in [0.1, 0.15) is 11.1 Å². The van der Waals surface area contributed by atoms with Gasteiger partial charge in [-0.05, 0) is 23.3 Å². The quantitative estimate of drug-likeness (QED) is 0.775. The van der Waals surface area contributed by atoms with Gasteiger partial charge in [0.2, 0.25) is 0 Å². The van der Waals surface area contributed by atoms with E-state index in [0.717, 1.165) is 29.7 Å². The summed E-state index contributed by atoms with van der Waals surface area (Å²) in [7, 11) is 1.68. The van der Waals surface area contributed by atoms with Crippen LogP contribution in [-0.4, -0.2) is 12.1 Å². The summed E-state index contributed by atoms with van der Waals surface area (Å²) in [5.74, 6) is 0.817. The van der Waals surface area contributed by atoms with Gasteiger partial charge >= 0.3 is 0 Å². The summed E-state index contributed by atoms with van der Waals surface area (Å²) < 4.78 is 5.37. The fourth-order valence-corrected chi connectivity index (χ4v) is 2.46. The number of fused-ring (bicyclic) bond motifs is 1. The molecule has 1 heterocycles. The van der Waals surface area contributed by atoms with E-state index < -0.39 is 0 Å². The van der Waals surface area contributed by atoms with Gasteiger partial charge in [0.25, 0.3) is 0 Å². The van der Waals surface area contributed by atoms with E-state index in [4.69, 9.17) is 4.74 Å². The normalized spacial score (nSPS) is 10.7. The van der Waals surface area contributed by atoms with Crippen LogP contribution in [0.3, 0.4) is 0 Å². The highest BCUT2D eigenvalue weighted by Gasteiger charge is 2.06. The second kappa shape index (κ2) is 6.37. The fourth-order valence-electron chi connectivity index (χ4n) is 2.46. The molecule has 3 aromatic rings. The molecule has 0 bridgehead atoms. The lowest BCUT2D eigenvalue weighted by molar-refractivity contribution is 0.419. The van der Waals surface area contributed by atoms with Crippen LogP contribution in [-0.2, 0) is 13.1 Å². The summed E-state index contributed by atoms with van der Waals surface area (Å²) in [6.07, 6.45) is 1.84. The summed E-state index contributed by atoms with van der Waals surface area (Å²) in [6, 6.07) is 18.5. The average Bonchev–Trinajstić information content (AvgIpc) is 2.55. The number of hydrogen-bond acceptors (Lipinski definition) is 3. The van der Waals surface area contributed by atoms with E-state index in [1.807, 2.05) is 24.4 Å².